The minimum absolute atomic E-state index is 0.0727. The van der Waals surface area contributed by atoms with Gasteiger partial charge < -0.3 is 14.6 Å². The van der Waals surface area contributed by atoms with Crippen molar-refractivity contribution in [2.24, 2.45) is 5.92 Å². The predicted octanol–water partition coefficient (Wildman–Crippen LogP) is 1.66. The molecule has 0 radical (unpaired) electrons. The molecule has 0 aromatic heterocycles. The van der Waals surface area contributed by atoms with Gasteiger partial charge in [0.15, 0.2) is 0 Å². The number of nitrogens with zero attached hydrogens (tertiary/aromatic N) is 1. The monoisotopic (exact) mass is 265 g/mol. The molecule has 1 aliphatic heterocycles. The summed E-state index contributed by atoms with van der Waals surface area (Å²) < 4.78 is 10.6. The van der Waals surface area contributed by atoms with Crippen LogP contribution in [0.3, 0.4) is 0 Å². The topological polar surface area (TPSA) is 41.9 Å². The van der Waals surface area contributed by atoms with E-state index in [1.165, 1.54) is 6.42 Å². The second-order valence-electron chi connectivity index (χ2n) is 5.15. The van der Waals surface area contributed by atoms with Crippen molar-refractivity contribution in [3.05, 3.63) is 29.3 Å². The summed E-state index contributed by atoms with van der Waals surface area (Å²) in [6.07, 6.45) is 1.19. The zero-order valence-corrected chi connectivity index (χ0v) is 11.8. The lowest BCUT2D eigenvalue weighted by Crippen LogP contribution is -2.21. The maximum Gasteiger partial charge on any atom is 0.123 e. The minimum atomic E-state index is 0.0727. The zero-order chi connectivity index (χ0) is 13.7. The fraction of sp³-hybridized carbons (Fsp3) is 0.600. The maximum atomic E-state index is 9.23. The van der Waals surface area contributed by atoms with E-state index in [4.69, 9.17) is 9.47 Å². The molecule has 1 aromatic rings. The summed E-state index contributed by atoms with van der Waals surface area (Å²) >= 11 is 0. The normalized spacial score (nSPS) is 19.8. The summed E-state index contributed by atoms with van der Waals surface area (Å²) in [5, 5.41) is 9.23. The van der Waals surface area contributed by atoms with Gasteiger partial charge in [0.2, 0.25) is 0 Å². The van der Waals surface area contributed by atoms with Crippen molar-refractivity contribution in [2.45, 2.75) is 19.6 Å². The molecule has 1 fully saturated rings. The average molecular weight is 265 g/mol. The number of benzene rings is 1. The van der Waals surface area contributed by atoms with Crippen molar-refractivity contribution in [2.75, 3.05) is 33.9 Å². The van der Waals surface area contributed by atoms with Gasteiger partial charge in [-0.3, -0.25) is 4.90 Å². The van der Waals surface area contributed by atoms with E-state index in [1.807, 2.05) is 18.2 Å². The first-order chi connectivity index (χ1) is 9.26. The molecule has 2 rings (SSSR count). The molecule has 1 heterocycles. The number of methoxy groups -OCH3 is 2. The molecule has 1 atom stereocenters. The van der Waals surface area contributed by atoms with E-state index >= 15 is 0 Å². The van der Waals surface area contributed by atoms with Crippen molar-refractivity contribution in [1.82, 2.24) is 4.90 Å². The van der Waals surface area contributed by atoms with Crippen LogP contribution in [0.5, 0.6) is 5.75 Å². The predicted molar refractivity (Wildman–Crippen MR) is 74.2 cm³/mol. The standard InChI is InChI=1S/C15H23NO3/c1-18-11-13-5-6-16(8-13)9-14-7-12(10-17)3-4-15(14)19-2/h3-4,7,13,17H,5-6,8-11H2,1-2H3. The van der Waals surface area contributed by atoms with E-state index in [0.29, 0.717) is 5.92 Å². The number of rotatable bonds is 6. The quantitative estimate of drug-likeness (QED) is 0.849. The molecule has 1 aromatic carbocycles. The Kier molecular flexibility index (Phi) is 5.19. The van der Waals surface area contributed by atoms with E-state index < -0.39 is 0 Å². The van der Waals surface area contributed by atoms with E-state index in [9.17, 15) is 5.11 Å². The SMILES string of the molecule is COCC1CCN(Cc2cc(CO)ccc2OC)C1. The lowest BCUT2D eigenvalue weighted by Gasteiger charge is -2.18. The van der Waals surface area contributed by atoms with E-state index in [2.05, 4.69) is 4.90 Å². The molecule has 106 valence electrons. The molecule has 1 unspecified atom stereocenters. The van der Waals surface area contributed by atoms with Crippen LogP contribution in [0.1, 0.15) is 17.5 Å². The summed E-state index contributed by atoms with van der Waals surface area (Å²) in [5.41, 5.74) is 2.08. The summed E-state index contributed by atoms with van der Waals surface area (Å²) in [6, 6.07) is 5.87. The Labute approximate surface area is 114 Å². The van der Waals surface area contributed by atoms with Crippen molar-refractivity contribution < 1.29 is 14.6 Å². The molecule has 1 aliphatic rings. The van der Waals surface area contributed by atoms with Crippen molar-refractivity contribution >= 4 is 0 Å². The molecule has 0 saturated carbocycles. The van der Waals surface area contributed by atoms with Crippen LogP contribution in [0.15, 0.2) is 18.2 Å². The molecular weight excluding hydrogens is 242 g/mol. The Morgan fingerprint density at radius 3 is 2.89 bits per heavy atom. The van der Waals surface area contributed by atoms with Crippen molar-refractivity contribution in [1.29, 1.82) is 0 Å². The molecule has 0 bridgehead atoms. The Morgan fingerprint density at radius 2 is 2.21 bits per heavy atom. The van der Waals surface area contributed by atoms with Gasteiger partial charge >= 0.3 is 0 Å². The van der Waals surface area contributed by atoms with Gasteiger partial charge in [0.05, 0.1) is 20.3 Å². The third-order valence-electron chi connectivity index (χ3n) is 3.69. The summed E-state index contributed by atoms with van der Waals surface area (Å²) in [5.74, 6) is 1.53. The highest BCUT2D eigenvalue weighted by molar-refractivity contribution is 5.37. The van der Waals surface area contributed by atoms with Crippen LogP contribution in [-0.2, 0) is 17.9 Å². The lowest BCUT2D eigenvalue weighted by molar-refractivity contribution is 0.152. The Balaban J connectivity index is 2.02. The molecule has 4 nitrogen and oxygen atoms in total. The van der Waals surface area contributed by atoms with E-state index in [-0.39, 0.29) is 6.61 Å². The third kappa shape index (κ3) is 3.69. The van der Waals surface area contributed by atoms with Crippen LogP contribution in [0.2, 0.25) is 0 Å². The Hall–Kier alpha value is -1.10. The Bertz CT molecular complexity index is 408. The third-order valence-corrected chi connectivity index (χ3v) is 3.69. The second-order valence-corrected chi connectivity index (χ2v) is 5.15. The van der Waals surface area contributed by atoms with Crippen LogP contribution in [0.25, 0.3) is 0 Å². The van der Waals surface area contributed by atoms with Gasteiger partial charge in [-0.25, -0.2) is 0 Å². The molecule has 0 spiro atoms. The first-order valence-corrected chi connectivity index (χ1v) is 6.74. The van der Waals surface area contributed by atoms with Crippen LogP contribution in [-0.4, -0.2) is 43.9 Å². The van der Waals surface area contributed by atoms with Crippen LogP contribution in [0.4, 0.5) is 0 Å². The average Bonchev–Trinajstić information content (AvgIpc) is 2.86. The number of likely N-dealkylation sites (tertiary alicyclic amines) is 1. The highest BCUT2D eigenvalue weighted by Crippen LogP contribution is 2.25. The molecule has 1 saturated heterocycles. The zero-order valence-electron chi connectivity index (χ0n) is 11.8. The van der Waals surface area contributed by atoms with Gasteiger partial charge in [0, 0.05) is 25.8 Å². The maximum absolute atomic E-state index is 9.23. The second kappa shape index (κ2) is 6.89. The smallest absolute Gasteiger partial charge is 0.123 e. The number of ether oxygens (including phenoxy) is 2. The van der Waals surface area contributed by atoms with Crippen molar-refractivity contribution in [3.8, 4) is 5.75 Å². The number of aliphatic hydroxyl groups is 1. The van der Waals surface area contributed by atoms with Gasteiger partial charge in [-0.2, -0.15) is 0 Å². The molecule has 19 heavy (non-hydrogen) atoms. The molecule has 1 N–H and O–H groups in total. The number of aliphatic hydroxyl groups excluding tert-OH is 1. The first kappa shape index (κ1) is 14.3. The minimum Gasteiger partial charge on any atom is -0.496 e. The van der Waals surface area contributed by atoms with Crippen LogP contribution >= 0.6 is 0 Å². The molecular formula is C15H23NO3. The van der Waals surface area contributed by atoms with Gasteiger partial charge in [-0.1, -0.05) is 6.07 Å². The highest BCUT2D eigenvalue weighted by Gasteiger charge is 2.23. The fourth-order valence-corrected chi connectivity index (χ4v) is 2.72. The Morgan fingerprint density at radius 1 is 1.37 bits per heavy atom. The van der Waals surface area contributed by atoms with Gasteiger partial charge in [0.1, 0.15) is 5.75 Å². The molecule has 4 heteroatoms. The fourth-order valence-electron chi connectivity index (χ4n) is 2.72. The number of hydrogen-bond acceptors (Lipinski definition) is 4. The summed E-state index contributed by atoms with van der Waals surface area (Å²) in [6.45, 7) is 3.95. The van der Waals surface area contributed by atoms with Crippen LogP contribution < -0.4 is 4.74 Å². The van der Waals surface area contributed by atoms with Gasteiger partial charge in [-0.15, -0.1) is 0 Å². The van der Waals surface area contributed by atoms with Gasteiger partial charge in [-0.05, 0) is 36.6 Å². The first-order valence-electron chi connectivity index (χ1n) is 6.74. The summed E-state index contributed by atoms with van der Waals surface area (Å²) in [4.78, 5) is 2.42. The van der Waals surface area contributed by atoms with E-state index in [1.54, 1.807) is 14.2 Å². The number of hydrogen-bond donors (Lipinski definition) is 1. The molecule has 0 aliphatic carbocycles. The lowest BCUT2D eigenvalue weighted by atomic mass is 10.1. The van der Waals surface area contributed by atoms with Crippen LogP contribution in [0, 0.1) is 5.92 Å². The molecule has 0 amide bonds. The highest BCUT2D eigenvalue weighted by atomic mass is 16.5. The van der Waals surface area contributed by atoms with E-state index in [0.717, 1.165) is 43.1 Å². The largest absolute Gasteiger partial charge is 0.496 e. The van der Waals surface area contributed by atoms with Gasteiger partial charge in [0.25, 0.3) is 0 Å². The van der Waals surface area contributed by atoms with Crippen molar-refractivity contribution in [3.63, 3.8) is 0 Å². The summed E-state index contributed by atoms with van der Waals surface area (Å²) in [7, 11) is 3.45.